The van der Waals surface area contributed by atoms with Crippen LogP contribution in [0.4, 0.5) is 0 Å². The van der Waals surface area contributed by atoms with Crippen LogP contribution < -0.4 is 55.8 Å². The summed E-state index contributed by atoms with van der Waals surface area (Å²) < 4.78 is 67.5. The third-order valence-electron chi connectivity index (χ3n) is 17.0. The van der Waals surface area contributed by atoms with Gasteiger partial charge in [-0.05, 0) is 184 Å². The van der Waals surface area contributed by atoms with Crippen LogP contribution in [0.15, 0.2) is 149 Å². The van der Waals surface area contributed by atoms with Gasteiger partial charge < -0.3 is 28.4 Å². The predicted molar refractivity (Wildman–Crippen MR) is 349 cm³/mol. The van der Waals surface area contributed by atoms with Crippen molar-refractivity contribution in [1.82, 2.24) is 27.4 Å². The molecule has 0 amide bonds. The van der Waals surface area contributed by atoms with Crippen LogP contribution in [0.2, 0.25) is 0 Å². The van der Waals surface area contributed by atoms with E-state index in [1.54, 1.807) is 0 Å². The number of benzene rings is 4. The summed E-state index contributed by atoms with van der Waals surface area (Å²) in [5, 5.41) is 6.36. The minimum Gasteiger partial charge on any atom is -0.490 e. The smallest absolute Gasteiger partial charge is 0.243 e. The largest absolute Gasteiger partial charge is 0.490 e. The van der Waals surface area contributed by atoms with Crippen LogP contribution in [-0.4, -0.2) is 67.0 Å². The van der Waals surface area contributed by atoms with Crippen molar-refractivity contribution in [1.29, 1.82) is 0 Å². The number of fused-ring (bicyclic) bond motifs is 6. The molecule has 0 aliphatic heterocycles. The lowest BCUT2D eigenvalue weighted by Crippen LogP contribution is -2.23. The molecule has 4 aromatic carbocycles. The van der Waals surface area contributed by atoms with Crippen molar-refractivity contribution in [2.24, 2.45) is 42.3 Å². The van der Waals surface area contributed by atoms with Gasteiger partial charge in [0.25, 0.3) is 0 Å². The van der Waals surface area contributed by atoms with E-state index in [-0.39, 0.29) is 0 Å². The highest BCUT2D eigenvalue weighted by molar-refractivity contribution is 6.26. The fourth-order valence-corrected chi connectivity index (χ4v) is 12.0. The monoisotopic (exact) mass is 1230 g/mol. The molecule has 0 radical (unpaired) electrons. The normalized spacial score (nSPS) is 11.7. The van der Waals surface area contributed by atoms with Crippen LogP contribution in [0.1, 0.15) is 116 Å². The molecule has 18 nitrogen and oxygen atoms in total. The van der Waals surface area contributed by atoms with E-state index >= 15 is 0 Å². The van der Waals surface area contributed by atoms with Crippen LogP contribution in [-0.2, 0) is 81.6 Å². The lowest BCUT2D eigenvalue weighted by molar-refractivity contribution is -0.671. The topological polar surface area (TPSA) is 108 Å². The second kappa shape index (κ2) is 33.5. The first-order valence-electron chi connectivity index (χ1n) is 33.4. The standard InChI is InChI=1S/C72H102N12O6/c1-73-31-37-79(55-73)25-13-7-19-43-85-67-49-61-62(50-68(67)86-44-20-8-14-26-80-38-32-74(2)56-80)64-52-70(88-46-22-10-16-28-82-40-34-76(4)58-82)72(90-48-24-12-18-30-84-42-36-78(6)60-84)54-66(64)65-53-71(89-47-23-11-17-29-83-41-35-77(5)59-83)69(51-63(61)65)87-45-21-9-15-27-81-39-33-75(3)57-81/h31-42,49-60H,7-30,43-48H2,1-6H3/q+6. The zero-order valence-electron chi connectivity index (χ0n) is 54.9. The fraction of sp³-hybridized carbons (Fsp3) is 0.500. The van der Waals surface area contributed by atoms with Crippen molar-refractivity contribution in [2.75, 3.05) is 39.6 Å². The lowest BCUT2D eigenvalue weighted by Gasteiger charge is -2.21. The molecular formula is C72H102N12O6+6. The Morgan fingerprint density at radius 3 is 0.511 bits per heavy atom. The van der Waals surface area contributed by atoms with Gasteiger partial charge in [-0.3, -0.25) is 0 Å². The number of aromatic nitrogens is 12. The zero-order valence-corrected chi connectivity index (χ0v) is 54.9. The van der Waals surface area contributed by atoms with Gasteiger partial charge in [-0.2, -0.15) is 0 Å². The van der Waals surface area contributed by atoms with E-state index in [1.165, 1.54) is 0 Å². The molecule has 10 aromatic rings. The van der Waals surface area contributed by atoms with Crippen molar-refractivity contribution in [3.05, 3.63) is 149 Å². The van der Waals surface area contributed by atoms with Gasteiger partial charge in [-0.25, -0.2) is 54.8 Å². The van der Waals surface area contributed by atoms with E-state index in [1.807, 2.05) is 0 Å². The van der Waals surface area contributed by atoms with E-state index in [9.17, 15) is 0 Å². The molecule has 0 atom stereocenters. The first-order chi connectivity index (χ1) is 44.1. The molecular weight excluding hydrogens is 1130 g/mol. The van der Waals surface area contributed by atoms with Crippen LogP contribution in [0.25, 0.3) is 32.3 Å². The van der Waals surface area contributed by atoms with E-state index in [0.717, 1.165) is 222 Å². The highest BCUT2D eigenvalue weighted by Gasteiger charge is 2.22. The maximum atomic E-state index is 6.91. The van der Waals surface area contributed by atoms with Crippen molar-refractivity contribution in [3.8, 4) is 34.5 Å². The van der Waals surface area contributed by atoms with Gasteiger partial charge in [0.15, 0.2) is 34.5 Å². The summed E-state index contributed by atoms with van der Waals surface area (Å²) in [7, 11) is 12.4. The van der Waals surface area contributed by atoms with Crippen LogP contribution in [0.3, 0.4) is 0 Å². The van der Waals surface area contributed by atoms with Crippen LogP contribution in [0.5, 0.6) is 34.5 Å². The molecule has 0 unspecified atom stereocenters. The average Bonchev–Trinajstić information content (AvgIpc) is 0.954. The molecule has 90 heavy (non-hydrogen) atoms. The molecule has 0 aliphatic carbocycles. The second-order valence-electron chi connectivity index (χ2n) is 24.9. The minimum atomic E-state index is 0.577. The summed E-state index contributed by atoms with van der Waals surface area (Å²) in [6.07, 6.45) is 56.5. The van der Waals surface area contributed by atoms with Crippen molar-refractivity contribution in [3.63, 3.8) is 0 Å². The van der Waals surface area contributed by atoms with E-state index in [0.29, 0.717) is 39.6 Å². The zero-order chi connectivity index (χ0) is 62.3. The summed E-state index contributed by atoms with van der Waals surface area (Å²) >= 11 is 0. The highest BCUT2D eigenvalue weighted by atomic mass is 16.5. The molecule has 0 saturated heterocycles. The summed E-state index contributed by atoms with van der Waals surface area (Å²) in [4.78, 5) is 0. The lowest BCUT2D eigenvalue weighted by atomic mass is 9.93. The van der Waals surface area contributed by atoms with Crippen molar-refractivity contribution in [2.45, 2.75) is 155 Å². The summed E-state index contributed by atoms with van der Waals surface area (Å²) in [5.41, 5.74) is 0. The number of nitrogens with zero attached hydrogens (tertiary/aromatic N) is 12. The molecule has 480 valence electrons. The average molecular weight is 1230 g/mol. The van der Waals surface area contributed by atoms with Gasteiger partial charge in [0.1, 0.15) is 74.4 Å². The Hall–Kier alpha value is -8.28. The first-order valence-corrected chi connectivity index (χ1v) is 33.4. The maximum Gasteiger partial charge on any atom is 0.243 e. The third kappa shape index (κ3) is 19.4. The minimum absolute atomic E-state index is 0.577. The summed E-state index contributed by atoms with van der Waals surface area (Å²) in [6, 6.07) is 13.4. The molecule has 0 N–H and O–H groups in total. The van der Waals surface area contributed by atoms with Crippen molar-refractivity contribution >= 4 is 32.3 Å². The van der Waals surface area contributed by atoms with Gasteiger partial charge in [0, 0.05) is 0 Å². The Labute approximate surface area is 533 Å². The highest BCUT2D eigenvalue weighted by Crippen LogP contribution is 2.47. The number of rotatable bonds is 42. The van der Waals surface area contributed by atoms with Gasteiger partial charge >= 0.3 is 0 Å². The molecule has 10 rings (SSSR count). The maximum absolute atomic E-state index is 6.91. The Balaban J connectivity index is 0.987. The number of imidazole rings is 6. The third-order valence-corrected chi connectivity index (χ3v) is 17.0. The summed E-state index contributed by atoms with van der Waals surface area (Å²) in [5.74, 6) is 4.52. The van der Waals surface area contributed by atoms with Gasteiger partial charge in [0.2, 0.25) is 38.0 Å². The first kappa shape index (κ1) is 64.7. The Kier molecular flexibility index (Phi) is 24.1. The quantitative estimate of drug-likeness (QED) is 0.0214. The molecule has 0 aliphatic rings. The van der Waals surface area contributed by atoms with Crippen molar-refractivity contribution < 1.29 is 55.8 Å². The van der Waals surface area contributed by atoms with E-state index in [4.69, 9.17) is 28.4 Å². The van der Waals surface area contributed by atoms with Gasteiger partial charge in [-0.1, -0.05) is 0 Å². The Morgan fingerprint density at radius 2 is 0.378 bits per heavy atom. The molecule has 6 aromatic heterocycles. The summed E-state index contributed by atoms with van der Waals surface area (Å²) in [6.45, 7) is 9.32. The van der Waals surface area contributed by atoms with Gasteiger partial charge in [0.05, 0.1) is 121 Å². The van der Waals surface area contributed by atoms with Gasteiger partial charge in [-0.15, -0.1) is 0 Å². The predicted octanol–water partition coefficient (Wildman–Crippen LogP) is 10.4. The molecule has 0 saturated carbocycles. The van der Waals surface area contributed by atoms with Crippen LogP contribution in [0, 0.1) is 0 Å². The number of unbranched alkanes of at least 4 members (excludes halogenated alkanes) is 12. The molecule has 18 heteroatoms. The molecule has 0 bridgehead atoms. The number of ether oxygens (including phenoxy) is 6. The van der Waals surface area contributed by atoms with E-state index < -0.39 is 0 Å². The SMILES string of the molecule is C[n+]1ccn(CCCCCOc2cc3c4cc(OCCCCCn5cc[n+](C)c5)c(OCCCCCn5cc[n+](C)c5)cc4c4cc(OCCCCCn5cc[n+](C)c5)c(OCCCCCn5cc[n+](C)c5)cc4c3cc2OCCCCCn2cc[n+](C)c2)c1. The Bertz CT molecular complexity index is 3130. The molecule has 0 spiro atoms. The van der Waals surface area contributed by atoms with Crippen LogP contribution >= 0.6 is 0 Å². The molecule has 6 heterocycles. The fourth-order valence-electron chi connectivity index (χ4n) is 12.0. The Morgan fingerprint density at radius 1 is 0.222 bits per heavy atom. The van der Waals surface area contributed by atoms with E-state index in [2.05, 4.69) is 246 Å². The second-order valence-corrected chi connectivity index (χ2v) is 24.9. The number of hydrogen-bond acceptors (Lipinski definition) is 6. The molecule has 0 fully saturated rings. The number of hydrogen-bond donors (Lipinski definition) is 0. The number of aryl methyl sites for hydroxylation is 12.